The molecule has 0 unspecified atom stereocenters. The van der Waals surface area contributed by atoms with Crippen molar-refractivity contribution in [2.45, 2.75) is 0 Å². The standard InChI is InChI=1S/C7H10N6/c1-8-5-4-6(11-3-10-5)13-7(9-2)12-4/h3H,1-2H3,(H3,8,9,10,11,12,13). The zero-order chi connectivity index (χ0) is 9.26. The number of aromatic nitrogens is 4. The molecule has 0 fully saturated rings. The van der Waals surface area contributed by atoms with Gasteiger partial charge < -0.3 is 15.6 Å². The van der Waals surface area contributed by atoms with Crippen LogP contribution in [0.25, 0.3) is 11.2 Å². The van der Waals surface area contributed by atoms with Crippen LogP contribution in [0.15, 0.2) is 6.33 Å². The van der Waals surface area contributed by atoms with E-state index in [-0.39, 0.29) is 0 Å². The summed E-state index contributed by atoms with van der Waals surface area (Å²) in [6.45, 7) is 0. The molecular formula is C7H10N6. The SMILES string of the molecule is CNc1nc2ncnc(NC)c2[nH]1. The van der Waals surface area contributed by atoms with Gasteiger partial charge >= 0.3 is 0 Å². The number of aromatic amines is 1. The fourth-order valence-electron chi connectivity index (χ4n) is 1.14. The summed E-state index contributed by atoms with van der Waals surface area (Å²) in [6.07, 6.45) is 1.48. The molecule has 2 heterocycles. The van der Waals surface area contributed by atoms with Gasteiger partial charge in [0, 0.05) is 14.1 Å². The first-order chi connectivity index (χ1) is 6.35. The molecule has 0 spiro atoms. The Bertz CT molecular complexity index is 420. The van der Waals surface area contributed by atoms with E-state index in [0.29, 0.717) is 11.6 Å². The highest BCUT2D eigenvalue weighted by molar-refractivity contribution is 5.84. The monoisotopic (exact) mass is 178 g/mol. The summed E-state index contributed by atoms with van der Waals surface area (Å²) in [5.41, 5.74) is 1.47. The van der Waals surface area contributed by atoms with Crippen LogP contribution in [-0.2, 0) is 0 Å². The largest absolute Gasteiger partial charge is 0.371 e. The summed E-state index contributed by atoms with van der Waals surface area (Å²) in [4.78, 5) is 15.3. The second kappa shape index (κ2) is 2.89. The van der Waals surface area contributed by atoms with E-state index in [4.69, 9.17) is 0 Å². The maximum absolute atomic E-state index is 4.18. The third-order valence-corrected chi connectivity index (χ3v) is 1.76. The summed E-state index contributed by atoms with van der Waals surface area (Å²) >= 11 is 0. The van der Waals surface area contributed by atoms with Gasteiger partial charge in [0.2, 0.25) is 5.95 Å². The van der Waals surface area contributed by atoms with Crippen molar-refractivity contribution in [3.8, 4) is 0 Å². The highest BCUT2D eigenvalue weighted by Gasteiger charge is 2.06. The zero-order valence-electron chi connectivity index (χ0n) is 7.42. The van der Waals surface area contributed by atoms with Gasteiger partial charge in [0.05, 0.1) is 0 Å². The quantitative estimate of drug-likeness (QED) is 0.621. The van der Waals surface area contributed by atoms with Crippen molar-refractivity contribution in [1.82, 2.24) is 19.9 Å². The first-order valence-corrected chi connectivity index (χ1v) is 3.91. The van der Waals surface area contributed by atoms with Gasteiger partial charge in [-0.2, -0.15) is 4.98 Å². The number of fused-ring (bicyclic) bond motifs is 1. The lowest BCUT2D eigenvalue weighted by molar-refractivity contribution is 1.19. The van der Waals surface area contributed by atoms with Crippen molar-refractivity contribution in [2.24, 2.45) is 0 Å². The van der Waals surface area contributed by atoms with Crippen molar-refractivity contribution in [2.75, 3.05) is 24.7 Å². The lowest BCUT2D eigenvalue weighted by atomic mass is 10.5. The third kappa shape index (κ3) is 1.16. The molecule has 0 amide bonds. The highest BCUT2D eigenvalue weighted by Crippen LogP contribution is 2.17. The molecular weight excluding hydrogens is 168 g/mol. The number of rotatable bonds is 2. The van der Waals surface area contributed by atoms with Crippen molar-refractivity contribution in [3.63, 3.8) is 0 Å². The molecule has 0 radical (unpaired) electrons. The van der Waals surface area contributed by atoms with E-state index in [1.54, 1.807) is 7.05 Å². The fourth-order valence-corrected chi connectivity index (χ4v) is 1.14. The maximum atomic E-state index is 4.18. The smallest absolute Gasteiger partial charge is 0.202 e. The summed E-state index contributed by atoms with van der Waals surface area (Å²) in [6, 6.07) is 0. The first kappa shape index (κ1) is 7.78. The molecule has 0 atom stereocenters. The Morgan fingerprint density at radius 2 is 2.08 bits per heavy atom. The number of hydrogen-bond acceptors (Lipinski definition) is 5. The van der Waals surface area contributed by atoms with E-state index in [0.717, 1.165) is 11.3 Å². The molecule has 13 heavy (non-hydrogen) atoms. The van der Waals surface area contributed by atoms with E-state index in [1.165, 1.54) is 6.33 Å². The number of anilines is 2. The van der Waals surface area contributed by atoms with Gasteiger partial charge in [0.1, 0.15) is 11.8 Å². The number of imidazole rings is 1. The van der Waals surface area contributed by atoms with Crippen LogP contribution in [0.2, 0.25) is 0 Å². The molecule has 6 nitrogen and oxygen atoms in total. The number of H-pyrrole nitrogens is 1. The topological polar surface area (TPSA) is 78.5 Å². The van der Waals surface area contributed by atoms with Gasteiger partial charge in [-0.15, -0.1) is 0 Å². The fraction of sp³-hybridized carbons (Fsp3) is 0.286. The Hall–Kier alpha value is -1.85. The molecule has 68 valence electrons. The van der Waals surface area contributed by atoms with Gasteiger partial charge in [0.15, 0.2) is 11.5 Å². The van der Waals surface area contributed by atoms with Crippen molar-refractivity contribution in [1.29, 1.82) is 0 Å². The Morgan fingerprint density at radius 1 is 1.23 bits per heavy atom. The molecule has 0 aliphatic heterocycles. The minimum absolute atomic E-state index is 0.656. The summed E-state index contributed by atoms with van der Waals surface area (Å²) in [7, 11) is 3.60. The Kier molecular flexibility index (Phi) is 1.73. The molecule has 0 aromatic carbocycles. The van der Waals surface area contributed by atoms with E-state index in [2.05, 4.69) is 30.6 Å². The van der Waals surface area contributed by atoms with Crippen molar-refractivity contribution >= 4 is 22.9 Å². The van der Waals surface area contributed by atoms with Gasteiger partial charge in [0.25, 0.3) is 0 Å². The van der Waals surface area contributed by atoms with Crippen LogP contribution in [0.3, 0.4) is 0 Å². The molecule has 0 saturated heterocycles. The first-order valence-electron chi connectivity index (χ1n) is 3.91. The van der Waals surface area contributed by atoms with E-state index >= 15 is 0 Å². The Labute approximate surface area is 74.8 Å². The summed E-state index contributed by atoms with van der Waals surface area (Å²) < 4.78 is 0. The molecule has 2 aromatic heterocycles. The number of hydrogen-bond donors (Lipinski definition) is 3. The minimum Gasteiger partial charge on any atom is -0.371 e. The normalized spacial score (nSPS) is 10.3. The third-order valence-electron chi connectivity index (χ3n) is 1.76. The molecule has 0 saturated carbocycles. The average Bonchev–Trinajstić information content (AvgIpc) is 2.59. The molecule has 2 rings (SSSR count). The molecule has 0 bridgehead atoms. The Balaban J connectivity index is 2.67. The van der Waals surface area contributed by atoms with Gasteiger partial charge in [-0.05, 0) is 0 Å². The van der Waals surface area contributed by atoms with E-state index < -0.39 is 0 Å². The van der Waals surface area contributed by atoms with E-state index in [9.17, 15) is 0 Å². The van der Waals surface area contributed by atoms with Crippen LogP contribution in [-0.4, -0.2) is 34.0 Å². The van der Waals surface area contributed by atoms with Crippen molar-refractivity contribution in [3.05, 3.63) is 6.33 Å². The predicted octanol–water partition coefficient (Wildman–Crippen LogP) is 0.436. The van der Waals surface area contributed by atoms with Crippen LogP contribution in [0.5, 0.6) is 0 Å². The van der Waals surface area contributed by atoms with Gasteiger partial charge in [-0.3, -0.25) is 0 Å². The molecule has 3 N–H and O–H groups in total. The number of nitrogens with one attached hydrogen (secondary N) is 3. The second-order valence-corrected chi connectivity index (χ2v) is 2.51. The van der Waals surface area contributed by atoms with Crippen LogP contribution in [0, 0.1) is 0 Å². The number of nitrogens with zero attached hydrogens (tertiary/aromatic N) is 3. The lowest BCUT2D eigenvalue weighted by Crippen LogP contribution is -1.94. The van der Waals surface area contributed by atoms with Crippen LogP contribution in [0.1, 0.15) is 0 Å². The zero-order valence-corrected chi connectivity index (χ0v) is 7.42. The minimum atomic E-state index is 0.656. The maximum Gasteiger partial charge on any atom is 0.202 e. The highest BCUT2D eigenvalue weighted by atomic mass is 15.2. The van der Waals surface area contributed by atoms with Crippen LogP contribution >= 0.6 is 0 Å². The van der Waals surface area contributed by atoms with E-state index in [1.807, 2.05) is 7.05 Å². The van der Waals surface area contributed by atoms with Gasteiger partial charge in [-0.1, -0.05) is 0 Å². The van der Waals surface area contributed by atoms with Gasteiger partial charge in [-0.25, -0.2) is 9.97 Å². The summed E-state index contributed by atoms with van der Waals surface area (Å²) in [5, 5.41) is 5.86. The van der Waals surface area contributed by atoms with Crippen LogP contribution in [0.4, 0.5) is 11.8 Å². The van der Waals surface area contributed by atoms with Crippen LogP contribution < -0.4 is 10.6 Å². The molecule has 6 heteroatoms. The molecule has 2 aromatic rings. The molecule has 0 aliphatic rings. The molecule has 0 aliphatic carbocycles. The van der Waals surface area contributed by atoms with Crippen molar-refractivity contribution < 1.29 is 0 Å². The average molecular weight is 178 g/mol. The lowest BCUT2D eigenvalue weighted by Gasteiger charge is -1.96. The predicted molar refractivity (Wildman–Crippen MR) is 50.8 cm³/mol. The summed E-state index contributed by atoms with van der Waals surface area (Å²) in [5.74, 6) is 1.44. The second-order valence-electron chi connectivity index (χ2n) is 2.51. The Morgan fingerprint density at radius 3 is 2.77 bits per heavy atom.